The summed E-state index contributed by atoms with van der Waals surface area (Å²) in [5.41, 5.74) is 0.251. The van der Waals surface area contributed by atoms with Crippen LogP contribution < -0.4 is 10.9 Å². The van der Waals surface area contributed by atoms with Crippen LogP contribution in [0.25, 0.3) is 11.0 Å². The van der Waals surface area contributed by atoms with Gasteiger partial charge in [-0.2, -0.15) is 5.10 Å². The van der Waals surface area contributed by atoms with Gasteiger partial charge in [0.1, 0.15) is 11.7 Å². The summed E-state index contributed by atoms with van der Waals surface area (Å²) in [5.74, 6) is -0.0683. The number of carbonyl (C=O) groups excluding carboxylic acids is 1. The van der Waals surface area contributed by atoms with Gasteiger partial charge in [-0.15, -0.1) is 0 Å². The van der Waals surface area contributed by atoms with Crippen molar-refractivity contribution in [2.45, 2.75) is 33.9 Å². The topological polar surface area (TPSA) is 125 Å². The van der Waals surface area contributed by atoms with Gasteiger partial charge in [-0.1, -0.05) is 32.9 Å². The van der Waals surface area contributed by atoms with Crippen LogP contribution in [0.15, 0.2) is 41.6 Å². The number of nitrogens with zero attached hydrogens (tertiary/aromatic N) is 5. The number of aromatic nitrogens is 4. The highest BCUT2D eigenvalue weighted by molar-refractivity contribution is 5.81. The van der Waals surface area contributed by atoms with Crippen LogP contribution in [0.1, 0.15) is 26.3 Å². The predicted molar refractivity (Wildman–Crippen MR) is 106 cm³/mol. The number of benzene rings is 1. The number of nitrogens with one attached hydrogen (secondary N) is 1. The molecule has 0 unspecified atom stereocenters. The number of non-ortho nitro benzene ring substituents is 1. The van der Waals surface area contributed by atoms with Crippen LogP contribution in [0.2, 0.25) is 0 Å². The molecule has 0 aliphatic carbocycles. The minimum Gasteiger partial charge on any atom is -0.354 e. The third kappa shape index (κ3) is 4.48. The standard InChI is InChI=1S/C19H22N6O4/c1-19(2,3)18(27)20-7-8-24-16-15(10-22-24)17(26)23(12-21-16)11-13-5-4-6-14(9-13)25(28)29/h4-6,9-10,12H,7-8,11H2,1-3H3,(H,20,27). The minimum absolute atomic E-state index is 0.0327. The van der Waals surface area contributed by atoms with Gasteiger partial charge in [0.05, 0.1) is 24.2 Å². The van der Waals surface area contributed by atoms with Crippen molar-refractivity contribution in [1.29, 1.82) is 0 Å². The average molecular weight is 398 g/mol. The molecule has 0 aliphatic rings. The van der Waals surface area contributed by atoms with Crippen LogP contribution >= 0.6 is 0 Å². The third-order valence-electron chi connectivity index (χ3n) is 4.39. The maximum Gasteiger partial charge on any atom is 0.269 e. The lowest BCUT2D eigenvalue weighted by Gasteiger charge is -2.17. The SMILES string of the molecule is CC(C)(C)C(=O)NCCn1ncc2c(=O)n(Cc3cccc([N+](=O)[O-])c3)cnc21. The Morgan fingerprint density at radius 2 is 2.07 bits per heavy atom. The van der Waals surface area contributed by atoms with Gasteiger partial charge in [0, 0.05) is 24.1 Å². The van der Waals surface area contributed by atoms with E-state index in [0.717, 1.165) is 0 Å². The van der Waals surface area contributed by atoms with E-state index >= 15 is 0 Å². The lowest BCUT2D eigenvalue weighted by molar-refractivity contribution is -0.384. The fourth-order valence-electron chi connectivity index (χ4n) is 2.78. The second-order valence-corrected chi connectivity index (χ2v) is 7.72. The predicted octanol–water partition coefficient (Wildman–Crippen LogP) is 1.71. The van der Waals surface area contributed by atoms with Gasteiger partial charge in [-0.05, 0) is 5.56 Å². The molecule has 10 nitrogen and oxygen atoms in total. The molecule has 1 N–H and O–H groups in total. The van der Waals surface area contributed by atoms with Crippen molar-refractivity contribution >= 4 is 22.6 Å². The van der Waals surface area contributed by atoms with Gasteiger partial charge in [0.2, 0.25) is 5.91 Å². The van der Waals surface area contributed by atoms with Gasteiger partial charge >= 0.3 is 0 Å². The van der Waals surface area contributed by atoms with Crippen LogP contribution in [-0.4, -0.2) is 36.7 Å². The van der Waals surface area contributed by atoms with Crippen molar-refractivity contribution in [2.75, 3.05) is 6.54 Å². The zero-order chi connectivity index (χ0) is 21.2. The Kier molecular flexibility index (Phi) is 5.44. The number of hydrogen-bond acceptors (Lipinski definition) is 6. The molecule has 0 saturated carbocycles. The van der Waals surface area contributed by atoms with Crippen LogP contribution in [0.3, 0.4) is 0 Å². The van der Waals surface area contributed by atoms with E-state index in [1.165, 1.54) is 29.2 Å². The maximum absolute atomic E-state index is 12.7. The second kappa shape index (κ2) is 7.82. The molecule has 10 heteroatoms. The third-order valence-corrected chi connectivity index (χ3v) is 4.39. The molecule has 0 atom stereocenters. The Morgan fingerprint density at radius 1 is 1.31 bits per heavy atom. The molecule has 0 spiro atoms. The lowest BCUT2D eigenvalue weighted by atomic mass is 9.96. The van der Waals surface area contributed by atoms with E-state index in [2.05, 4.69) is 15.4 Å². The zero-order valence-corrected chi connectivity index (χ0v) is 16.5. The summed E-state index contributed by atoms with van der Waals surface area (Å²) in [4.78, 5) is 39.5. The molecular weight excluding hydrogens is 376 g/mol. The molecule has 3 rings (SSSR count). The van der Waals surface area contributed by atoms with Crippen molar-refractivity contribution in [3.05, 3.63) is 62.8 Å². The Bertz CT molecular complexity index is 1130. The van der Waals surface area contributed by atoms with E-state index in [9.17, 15) is 19.7 Å². The number of nitro benzene ring substituents is 1. The van der Waals surface area contributed by atoms with Crippen LogP contribution in [0.5, 0.6) is 0 Å². The normalized spacial score (nSPS) is 11.6. The van der Waals surface area contributed by atoms with Gasteiger partial charge in [-0.25, -0.2) is 9.67 Å². The van der Waals surface area contributed by atoms with Gasteiger partial charge in [0.25, 0.3) is 11.2 Å². The van der Waals surface area contributed by atoms with E-state index < -0.39 is 10.3 Å². The van der Waals surface area contributed by atoms with Crippen LogP contribution in [0, 0.1) is 15.5 Å². The Hall–Kier alpha value is -3.56. The number of amides is 1. The zero-order valence-electron chi connectivity index (χ0n) is 16.5. The average Bonchev–Trinajstić information content (AvgIpc) is 3.07. The second-order valence-electron chi connectivity index (χ2n) is 7.72. The van der Waals surface area contributed by atoms with E-state index in [1.807, 2.05) is 20.8 Å². The fourth-order valence-corrected chi connectivity index (χ4v) is 2.78. The lowest BCUT2D eigenvalue weighted by Crippen LogP contribution is -2.36. The van der Waals surface area contributed by atoms with Crippen molar-refractivity contribution in [3.8, 4) is 0 Å². The van der Waals surface area contributed by atoms with E-state index in [1.54, 1.807) is 16.8 Å². The highest BCUT2D eigenvalue weighted by Crippen LogP contribution is 2.14. The molecule has 152 valence electrons. The summed E-state index contributed by atoms with van der Waals surface area (Å²) in [6.45, 7) is 6.40. The molecule has 2 heterocycles. The first kappa shape index (κ1) is 20.2. The molecule has 1 aromatic carbocycles. The Balaban J connectivity index is 1.78. The van der Waals surface area contributed by atoms with Crippen molar-refractivity contribution in [2.24, 2.45) is 5.41 Å². The molecule has 0 bridgehead atoms. The monoisotopic (exact) mass is 398 g/mol. The summed E-state index contributed by atoms with van der Waals surface area (Å²) < 4.78 is 2.95. The Labute approximate surface area is 166 Å². The van der Waals surface area contributed by atoms with Crippen molar-refractivity contribution < 1.29 is 9.72 Å². The van der Waals surface area contributed by atoms with Gasteiger partial charge in [0.15, 0.2) is 5.65 Å². The number of fused-ring (bicyclic) bond motifs is 1. The summed E-state index contributed by atoms with van der Waals surface area (Å²) in [6.07, 6.45) is 2.84. The van der Waals surface area contributed by atoms with E-state index in [-0.39, 0.29) is 23.7 Å². The summed E-state index contributed by atoms with van der Waals surface area (Å²) in [6, 6.07) is 6.12. The molecule has 0 fully saturated rings. The number of hydrogen-bond donors (Lipinski definition) is 1. The first-order valence-corrected chi connectivity index (χ1v) is 9.09. The molecular formula is C19H22N6O4. The number of rotatable bonds is 6. The fraction of sp³-hybridized carbons (Fsp3) is 0.368. The molecule has 29 heavy (non-hydrogen) atoms. The number of nitro groups is 1. The van der Waals surface area contributed by atoms with E-state index in [4.69, 9.17) is 0 Å². The van der Waals surface area contributed by atoms with Gasteiger partial charge < -0.3 is 5.32 Å². The highest BCUT2D eigenvalue weighted by atomic mass is 16.6. The minimum atomic E-state index is -0.481. The van der Waals surface area contributed by atoms with Crippen LogP contribution in [-0.2, 0) is 17.9 Å². The molecule has 1 amide bonds. The Morgan fingerprint density at radius 3 is 2.76 bits per heavy atom. The molecule has 3 aromatic rings. The molecule has 0 aliphatic heterocycles. The smallest absolute Gasteiger partial charge is 0.269 e. The quantitative estimate of drug-likeness (QED) is 0.498. The first-order valence-electron chi connectivity index (χ1n) is 9.09. The number of carbonyl (C=O) groups is 1. The van der Waals surface area contributed by atoms with Crippen LogP contribution in [0.4, 0.5) is 5.69 Å². The molecule has 0 radical (unpaired) electrons. The maximum atomic E-state index is 12.7. The van der Waals surface area contributed by atoms with Gasteiger partial charge in [-0.3, -0.25) is 24.3 Å². The summed E-state index contributed by atoms with van der Waals surface area (Å²) >= 11 is 0. The molecule has 2 aromatic heterocycles. The molecule has 0 saturated heterocycles. The summed E-state index contributed by atoms with van der Waals surface area (Å²) in [7, 11) is 0. The first-order chi connectivity index (χ1) is 13.7. The highest BCUT2D eigenvalue weighted by Gasteiger charge is 2.20. The van der Waals surface area contributed by atoms with E-state index in [0.29, 0.717) is 29.7 Å². The van der Waals surface area contributed by atoms with Crippen molar-refractivity contribution in [1.82, 2.24) is 24.6 Å². The van der Waals surface area contributed by atoms with Crippen molar-refractivity contribution in [3.63, 3.8) is 0 Å². The summed E-state index contributed by atoms with van der Waals surface area (Å²) in [5, 5.41) is 18.3. The largest absolute Gasteiger partial charge is 0.354 e.